The topological polar surface area (TPSA) is 137 Å². The second-order valence-electron chi connectivity index (χ2n) is 4.73. The van der Waals surface area contributed by atoms with Crippen LogP contribution < -0.4 is 11.2 Å². The number of carbonyl (C=O) groups excluding carboxylic acids is 1. The maximum absolute atomic E-state index is 12.3. The smallest absolute Gasteiger partial charge is 0.292 e. The molecule has 3 N–H and O–H groups in total. The lowest BCUT2D eigenvalue weighted by molar-refractivity contribution is 0.0946. The predicted octanol–water partition coefficient (Wildman–Crippen LogP) is 0.201. The van der Waals surface area contributed by atoms with Crippen LogP contribution in [0, 0.1) is 6.92 Å². The van der Waals surface area contributed by atoms with Crippen LogP contribution >= 0.6 is 0 Å². The molecule has 0 radical (unpaired) electrons. The third-order valence-corrected chi connectivity index (χ3v) is 3.25. The Morgan fingerprint density at radius 3 is 2.81 bits per heavy atom. The first-order valence-corrected chi connectivity index (χ1v) is 6.53. The molecular weight excluding hydrogens is 276 g/mol. The van der Waals surface area contributed by atoms with Crippen molar-refractivity contribution < 1.29 is 9.42 Å². The van der Waals surface area contributed by atoms with Gasteiger partial charge in [0.1, 0.15) is 0 Å². The molecule has 1 amide bonds. The second-order valence-corrected chi connectivity index (χ2v) is 4.73. The summed E-state index contributed by atoms with van der Waals surface area (Å²) in [5.74, 6) is -0.287. The average molecular weight is 290 g/mol. The molecular formula is C11H14N8O2. The third kappa shape index (κ3) is 2.47. The third-order valence-electron chi connectivity index (χ3n) is 3.25. The SMILES string of the molecule is Cc1nnn(-c2nonc2N)c1C(=O)NN=C1CCCC1. The number of carbonyl (C=O) groups is 1. The van der Waals surface area contributed by atoms with Crippen molar-refractivity contribution in [3.63, 3.8) is 0 Å². The number of nitrogens with one attached hydrogen (secondary N) is 1. The highest BCUT2D eigenvalue weighted by atomic mass is 16.6. The first kappa shape index (κ1) is 13.2. The normalized spacial score (nSPS) is 14.4. The molecule has 0 saturated heterocycles. The van der Waals surface area contributed by atoms with Gasteiger partial charge in [-0.1, -0.05) is 5.21 Å². The van der Waals surface area contributed by atoms with Gasteiger partial charge in [-0.3, -0.25) is 4.79 Å². The van der Waals surface area contributed by atoms with Gasteiger partial charge in [-0.2, -0.15) is 9.78 Å². The first-order chi connectivity index (χ1) is 10.2. The molecule has 0 spiro atoms. The molecule has 1 saturated carbocycles. The molecule has 1 aliphatic rings. The van der Waals surface area contributed by atoms with Crippen LogP contribution in [0.2, 0.25) is 0 Å². The van der Waals surface area contributed by atoms with Crippen molar-refractivity contribution in [1.29, 1.82) is 0 Å². The van der Waals surface area contributed by atoms with E-state index in [0.717, 1.165) is 31.4 Å². The number of amides is 1. The molecule has 110 valence electrons. The van der Waals surface area contributed by atoms with Crippen LogP contribution in [0.3, 0.4) is 0 Å². The number of aromatic nitrogens is 5. The predicted molar refractivity (Wildman–Crippen MR) is 71.7 cm³/mol. The van der Waals surface area contributed by atoms with Gasteiger partial charge in [0.2, 0.25) is 11.6 Å². The summed E-state index contributed by atoms with van der Waals surface area (Å²) in [6.07, 6.45) is 4.04. The number of nitrogen functional groups attached to an aromatic ring is 1. The molecule has 1 aliphatic carbocycles. The highest BCUT2D eigenvalue weighted by molar-refractivity contribution is 5.95. The molecule has 0 aliphatic heterocycles. The highest BCUT2D eigenvalue weighted by Gasteiger charge is 2.23. The number of nitrogens with zero attached hydrogens (tertiary/aromatic N) is 6. The standard InChI is InChI=1S/C11H14N8O2/c1-6-8(11(20)15-14-7-4-2-3-5-7)19(18-13-6)10-9(12)16-21-17-10/h2-5H2,1H3,(H2,12,16)(H,15,20). The number of hydrogen-bond donors (Lipinski definition) is 2. The van der Waals surface area contributed by atoms with Crippen LogP contribution in [0.15, 0.2) is 9.73 Å². The molecule has 2 aromatic heterocycles. The Labute approximate surface area is 119 Å². The van der Waals surface area contributed by atoms with E-state index in [1.54, 1.807) is 6.92 Å². The number of anilines is 1. The zero-order valence-corrected chi connectivity index (χ0v) is 11.4. The van der Waals surface area contributed by atoms with E-state index in [-0.39, 0.29) is 17.3 Å². The lowest BCUT2D eigenvalue weighted by Crippen LogP contribution is -2.23. The lowest BCUT2D eigenvalue weighted by Gasteiger charge is -2.03. The quantitative estimate of drug-likeness (QED) is 0.770. The van der Waals surface area contributed by atoms with Gasteiger partial charge in [0.05, 0.1) is 5.69 Å². The van der Waals surface area contributed by atoms with E-state index >= 15 is 0 Å². The largest absolute Gasteiger partial charge is 0.378 e. The Hall–Kier alpha value is -2.78. The molecule has 2 aromatic rings. The monoisotopic (exact) mass is 290 g/mol. The number of nitrogens with two attached hydrogens (primary N) is 1. The van der Waals surface area contributed by atoms with Gasteiger partial charge in [-0.25, -0.2) is 10.1 Å². The molecule has 0 unspecified atom stereocenters. The van der Waals surface area contributed by atoms with Crippen LogP contribution in [-0.2, 0) is 0 Å². The van der Waals surface area contributed by atoms with Crippen molar-refractivity contribution in [2.24, 2.45) is 5.10 Å². The second kappa shape index (κ2) is 5.31. The van der Waals surface area contributed by atoms with Crippen LogP contribution in [0.4, 0.5) is 5.82 Å². The maximum atomic E-state index is 12.3. The summed E-state index contributed by atoms with van der Waals surface area (Å²) >= 11 is 0. The van der Waals surface area contributed by atoms with Crippen LogP contribution in [0.1, 0.15) is 41.9 Å². The minimum Gasteiger partial charge on any atom is -0.378 e. The maximum Gasteiger partial charge on any atom is 0.292 e. The molecule has 10 heteroatoms. The molecule has 10 nitrogen and oxygen atoms in total. The van der Waals surface area contributed by atoms with Gasteiger partial charge >= 0.3 is 0 Å². The summed E-state index contributed by atoms with van der Waals surface area (Å²) in [5.41, 5.74) is 9.74. The van der Waals surface area contributed by atoms with E-state index in [9.17, 15) is 4.79 Å². The molecule has 1 fully saturated rings. The van der Waals surface area contributed by atoms with Crippen molar-refractivity contribution in [3.05, 3.63) is 11.4 Å². The fraction of sp³-hybridized carbons (Fsp3) is 0.455. The summed E-state index contributed by atoms with van der Waals surface area (Å²) < 4.78 is 5.70. The van der Waals surface area contributed by atoms with Crippen LogP contribution in [0.25, 0.3) is 5.82 Å². The van der Waals surface area contributed by atoms with Crippen LogP contribution in [-0.4, -0.2) is 36.9 Å². The number of aryl methyl sites for hydroxylation is 1. The molecule has 0 atom stereocenters. The molecule has 2 heterocycles. The van der Waals surface area contributed by atoms with E-state index < -0.39 is 5.91 Å². The Balaban J connectivity index is 1.88. The van der Waals surface area contributed by atoms with E-state index in [4.69, 9.17) is 5.73 Å². The minimum absolute atomic E-state index is 0.0241. The van der Waals surface area contributed by atoms with Crippen molar-refractivity contribution in [1.82, 2.24) is 30.7 Å². The Bertz CT molecular complexity index is 693. The van der Waals surface area contributed by atoms with Crippen LogP contribution in [0.5, 0.6) is 0 Å². The zero-order valence-electron chi connectivity index (χ0n) is 11.4. The Morgan fingerprint density at radius 1 is 1.38 bits per heavy atom. The first-order valence-electron chi connectivity index (χ1n) is 6.53. The fourth-order valence-electron chi connectivity index (χ4n) is 2.18. The summed E-state index contributed by atoms with van der Waals surface area (Å²) in [7, 11) is 0. The van der Waals surface area contributed by atoms with Gasteiger partial charge in [0, 0.05) is 5.71 Å². The summed E-state index contributed by atoms with van der Waals surface area (Å²) in [5, 5.41) is 18.9. The minimum atomic E-state index is -0.431. The number of rotatable bonds is 3. The van der Waals surface area contributed by atoms with Gasteiger partial charge in [-0.05, 0) is 42.9 Å². The summed E-state index contributed by atoms with van der Waals surface area (Å²) in [6.45, 7) is 1.66. The highest BCUT2D eigenvalue weighted by Crippen LogP contribution is 2.16. The van der Waals surface area contributed by atoms with Crippen molar-refractivity contribution >= 4 is 17.4 Å². The Kier molecular flexibility index (Phi) is 3.34. The number of hydrazone groups is 1. The van der Waals surface area contributed by atoms with E-state index in [1.807, 2.05) is 0 Å². The van der Waals surface area contributed by atoms with E-state index in [2.05, 4.69) is 35.8 Å². The zero-order chi connectivity index (χ0) is 14.8. The summed E-state index contributed by atoms with van der Waals surface area (Å²) in [4.78, 5) is 12.3. The molecule has 3 rings (SSSR count). The van der Waals surface area contributed by atoms with Gasteiger partial charge in [-0.15, -0.1) is 5.10 Å². The molecule has 0 aromatic carbocycles. The van der Waals surface area contributed by atoms with Gasteiger partial charge in [0.15, 0.2) is 5.69 Å². The van der Waals surface area contributed by atoms with E-state index in [0.29, 0.717) is 5.69 Å². The summed E-state index contributed by atoms with van der Waals surface area (Å²) in [6, 6.07) is 0. The van der Waals surface area contributed by atoms with Gasteiger partial charge < -0.3 is 5.73 Å². The Morgan fingerprint density at radius 2 is 2.14 bits per heavy atom. The van der Waals surface area contributed by atoms with Crippen molar-refractivity contribution in [2.75, 3.05) is 5.73 Å². The van der Waals surface area contributed by atoms with Crippen molar-refractivity contribution in [3.8, 4) is 5.82 Å². The fourth-order valence-corrected chi connectivity index (χ4v) is 2.18. The lowest BCUT2D eigenvalue weighted by atomic mass is 10.3. The molecule has 0 bridgehead atoms. The van der Waals surface area contributed by atoms with Gasteiger partial charge in [0.25, 0.3) is 5.91 Å². The molecule has 21 heavy (non-hydrogen) atoms. The number of hydrogen-bond acceptors (Lipinski definition) is 8. The van der Waals surface area contributed by atoms with E-state index in [1.165, 1.54) is 4.68 Å². The average Bonchev–Trinajstić information content (AvgIpc) is 3.17. The van der Waals surface area contributed by atoms with Crippen molar-refractivity contribution in [2.45, 2.75) is 32.6 Å².